The molecule has 0 radical (unpaired) electrons. The van der Waals surface area contributed by atoms with Crippen LogP contribution in [0.5, 0.6) is 0 Å². The van der Waals surface area contributed by atoms with Gasteiger partial charge in [0, 0.05) is 32.8 Å². The average molecular weight is 340 g/mol. The van der Waals surface area contributed by atoms with Gasteiger partial charge in [0.05, 0.1) is 11.5 Å². The first-order chi connectivity index (χ1) is 9.49. The lowest BCUT2D eigenvalue weighted by atomic mass is 10.3. The van der Waals surface area contributed by atoms with Gasteiger partial charge in [0.2, 0.25) is 10.0 Å². The number of para-hydroxylation sites is 1. The molecule has 0 bridgehead atoms. The minimum atomic E-state index is -3.89. The molecule has 8 nitrogen and oxygen atoms in total. The van der Waals surface area contributed by atoms with E-state index in [0.29, 0.717) is 19.7 Å². The molecule has 1 aromatic rings. The molecule has 0 spiro atoms. The Labute approximate surface area is 129 Å². The maximum atomic E-state index is 12.0. The number of halogens is 1. The molecule has 0 unspecified atom stereocenters. The van der Waals surface area contributed by atoms with Gasteiger partial charge in [0.1, 0.15) is 0 Å². The maximum Gasteiger partial charge on any atom is 0.289 e. The van der Waals surface area contributed by atoms with Crippen LogP contribution in [0, 0.1) is 10.1 Å². The Balaban J connectivity index is 0.00000400. The van der Waals surface area contributed by atoms with E-state index in [9.17, 15) is 18.5 Å². The van der Waals surface area contributed by atoms with Crippen LogP contribution in [-0.4, -0.2) is 46.7 Å². The maximum absolute atomic E-state index is 12.0. The van der Waals surface area contributed by atoms with E-state index in [0.717, 1.165) is 6.07 Å². The van der Waals surface area contributed by atoms with Gasteiger partial charge in [-0.25, -0.2) is 13.1 Å². The second kappa shape index (κ2) is 9.64. The van der Waals surface area contributed by atoms with E-state index in [1.807, 2.05) is 0 Å². The van der Waals surface area contributed by atoms with Crippen molar-refractivity contribution < 1.29 is 18.1 Å². The fourth-order valence-electron chi connectivity index (χ4n) is 1.49. The van der Waals surface area contributed by atoms with Crippen molar-refractivity contribution in [3.63, 3.8) is 0 Å². The van der Waals surface area contributed by atoms with Crippen LogP contribution in [0.15, 0.2) is 29.2 Å². The smallest absolute Gasteiger partial charge is 0.289 e. The second-order valence-electron chi connectivity index (χ2n) is 3.87. The zero-order chi connectivity index (χ0) is 15.0. The van der Waals surface area contributed by atoms with Crippen molar-refractivity contribution in [3.05, 3.63) is 34.4 Å². The molecular formula is C11H18ClN3O5S. The van der Waals surface area contributed by atoms with Gasteiger partial charge in [-0.3, -0.25) is 10.1 Å². The number of nitro benzene ring substituents is 1. The highest BCUT2D eigenvalue weighted by Gasteiger charge is 2.24. The van der Waals surface area contributed by atoms with Gasteiger partial charge in [0.25, 0.3) is 5.69 Å². The fourth-order valence-corrected chi connectivity index (χ4v) is 2.69. The number of hydrogen-bond donors (Lipinski definition) is 2. The van der Waals surface area contributed by atoms with Crippen molar-refractivity contribution in [1.29, 1.82) is 0 Å². The minimum Gasteiger partial charge on any atom is -0.383 e. The molecule has 0 amide bonds. The van der Waals surface area contributed by atoms with Gasteiger partial charge < -0.3 is 10.1 Å². The number of benzene rings is 1. The summed E-state index contributed by atoms with van der Waals surface area (Å²) >= 11 is 0. The zero-order valence-electron chi connectivity index (χ0n) is 11.4. The van der Waals surface area contributed by atoms with Crippen LogP contribution in [0.25, 0.3) is 0 Å². The van der Waals surface area contributed by atoms with Gasteiger partial charge in [0.15, 0.2) is 4.90 Å². The Morgan fingerprint density at radius 1 is 1.24 bits per heavy atom. The summed E-state index contributed by atoms with van der Waals surface area (Å²) in [6.45, 7) is 1.67. The van der Waals surface area contributed by atoms with Gasteiger partial charge in [-0.2, -0.15) is 0 Å². The van der Waals surface area contributed by atoms with Crippen LogP contribution in [0.1, 0.15) is 0 Å². The van der Waals surface area contributed by atoms with Crippen LogP contribution in [0.4, 0.5) is 5.69 Å². The Kier molecular flexibility index (Phi) is 9.06. The number of hydrogen-bond acceptors (Lipinski definition) is 6. The lowest BCUT2D eigenvalue weighted by Gasteiger charge is -2.08. The first kappa shape index (κ1) is 19.7. The van der Waals surface area contributed by atoms with Crippen molar-refractivity contribution in [1.82, 2.24) is 10.0 Å². The number of nitro groups is 1. The van der Waals surface area contributed by atoms with E-state index in [1.165, 1.54) is 18.2 Å². The van der Waals surface area contributed by atoms with Gasteiger partial charge in [-0.15, -0.1) is 12.4 Å². The molecule has 0 aliphatic rings. The summed E-state index contributed by atoms with van der Waals surface area (Å²) in [5, 5.41) is 13.8. The van der Waals surface area contributed by atoms with E-state index in [4.69, 9.17) is 4.74 Å². The number of sulfonamides is 1. The number of rotatable bonds is 9. The normalized spacial score (nSPS) is 10.9. The summed E-state index contributed by atoms with van der Waals surface area (Å²) in [4.78, 5) is 9.76. The molecule has 1 aromatic carbocycles. The molecular weight excluding hydrogens is 322 g/mol. The summed E-state index contributed by atoms with van der Waals surface area (Å²) < 4.78 is 31.1. The lowest BCUT2D eigenvalue weighted by molar-refractivity contribution is -0.387. The second-order valence-corrected chi connectivity index (χ2v) is 5.60. The molecule has 120 valence electrons. The summed E-state index contributed by atoms with van der Waals surface area (Å²) in [6.07, 6.45) is 0. The third-order valence-corrected chi connectivity index (χ3v) is 3.94. The molecule has 0 atom stereocenters. The summed E-state index contributed by atoms with van der Waals surface area (Å²) in [5.41, 5.74) is -0.438. The highest BCUT2D eigenvalue weighted by atomic mass is 35.5. The number of ether oxygens (including phenoxy) is 1. The molecule has 21 heavy (non-hydrogen) atoms. The lowest BCUT2D eigenvalue weighted by Crippen LogP contribution is -2.33. The summed E-state index contributed by atoms with van der Waals surface area (Å²) in [6, 6.07) is 5.23. The van der Waals surface area contributed by atoms with E-state index in [2.05, 4.69) is 10.0 Å². The fraction of sp³-hybridized carbons (Fsp3) is 0.455. The van der Waals surface area contributed by atoms with Crippen molar-refractivity contribution in [2.45, 2.75) is 4.90 Å². The highest BCUT2D eigenvalue weighted by molar-refractivity contribution is 7.89. The van der Waals surface area contributed by atoms with Crippen LogP contribution in [0.3, 0.4) is 0 Å². The molecule has 2 N–H and O–H groups in total. The van der Waals surface area contributed by atoms with E-state index >= 15 is 0 Å². The largest absolute Gasteiger partial charge is 0.383 e. The first-order valence-corrected chi connectivity index (χ1v) is 7.40. The predicted octanol–water partition coefficient (Wildman–Crippen LogP) is 0.531. The SMILES string of the molecule is COCCNCCNS(=O)(=O)c1ccccc1[N+](=O)[O-].Cl. The van der Waals surface area contributed by atoms with Crippen molar-refractivity contribution in [2.75, 3.05) is 33.4 Å². The van der Waals surface area contributed by atoms with Crippen LogP contribution >= 0.6 is 12.4 Å². The Morgan fingerprint density at radius 2 is 1.90 bits per heavy atom. The quantitative estimate of drug-likeness (QED) is 0.386. The van der Waals surface area contributed by atoms with Crippen LogP contribution in [0.2, 0.25) is 0 Å². The van der Waals surface area contributed by atoms with E-state index in [1.54, 1.807) is 7.11 Å². The monoisotopic (exact) mass is 339 g/mol. The van der Waals surface area contributed by atoms with Crippen LogP contribution < -0.4 is 10.0 Å². The molecule has 1 rings (SSSR count). The molecule has 0 aliphatic carbocycles. The van der Waals surface area contributed by atoms with Crippen molar-refractivity contribution in [2.24, 2.45) is 0 Å². The molecule has 10 heteroatoms. The van der Waals surface area contributed by atoms with E-state index < -0.39 is 20.6 Å². The average Bonchev–Trinajstić information content (AvgIpc) is 2.42. The van der Waals surface area contributed by atoms with Crippen molar-refractivity contribution in [3.8, 4) is 0 Å². The molecule has 0 fully saturated rings. The molecule has 0 saturated heterocycles. The third-order valence-electron chi connectivity index (χ3n) is 2.43. The molecule has 0 heterocycles. The molecule has 0 aliphatic heterocycles. The molecule has 0 saturated carbocycles. The summed E-state index contributed by atoms with van der Waals surface area (Å²) in [7, 11) is -2.32. The number of nitrogens with one attached hydrogen (secondary N) is 2. The summed E-state index contributed by atoms with van der Waals surface area (Å²) in [5.74, 6) is 0. The van der Waals surface area contributed by atoms with Gasteiger partial charge >= 0.3 is 0 Å². The zero-order valence-corrected chi connectivity index (χ0v) is 13.1. The predicted molar refractivity (Wildman–Crippen MR) is 80.3 cm³/mol. The van der Waals surface area contributed by atoms with Gasteiger partial charge in [-0.1, -0.05) is 12.1 Å². The van der Waals surface area contributed by atoms with Gasteiger partial charge in [-0.05, 0) is 6.07 Å². The first-order valence-electron chi connectivity index (χ1n) is 5.92. The third kappa shape index (κ3) is 6.36. The Morgan fingerprint density at radius 3 is 2.52 bits per heavy atom. The Bertz CT molecular complexity index is 553. The number of methoxy groups -OCH3 is 1. The minimum absolute atomic E-state index is 0. The Hall–Kier alpha value is -1.26. The van der Waals surface area contributed by atoms with Crippen molar-refractivity contribution >= 4 is 28.1 Å². The topological polar surface area (TPSA) is 111 Å². The van der Waals surface area contributed by atoms with E-state index in [-0.39, 0.29) is 23.8 Å². The molecule has 0 aromatic heterocycles. The standard InChI is InChI=1S/C11H17N3O5S.ClH/c1-19-9-8-12-6-7-13-20(17,18)11-5-3-2-4-10(11)14(15)16;/h2-5,12-13H,6-9H2,1H3;1H. The van der Waals surface area contributed by atoms with Crippen LogP contribution in [-0.2, 0) is 14.8 Å². The number of nitrogens with zero attached hydrogens (tertiary/aromatic N) is 1. The highest BCUT2D eigenvalue weighted by Crippen LogP contribution is 2.22.